The smallest absolute Gasteiger partial charge is 0.249 e. The molecule has 0 aliphatic carbocycles. The first-order valence-corrected chi connectivity index (χ1v) is 12.4. The van der Waals surface area contributed by atoms with E-state index in [0.29, 0.717) is 29.8 Å². The molecule has 0 bridgehead atoms. The van der Waals surface area contributed by atoms with Gasteiger partial charge in [-0.05, 0) is 42.2 Å². The van der Waals surface area contributed by atoms with Crippen LogP contribution in [0.1, 0.15) is 34.5 Å². The van der Waals surface area contributed by atoms with Gasteiger partial charge in [0.15, 0.2) is 0 Å². The molecule has 1 amide bonds. The summed E-state index contributed by atoms with van der Waals surface area (Å²) in [5, 5.41) is 7.07. The number of carbonyl (C=O) groups excluding carboxylic acids is 2. The maximum atomic E-state index is 13.7. The van der Waals surface area contributed by atoms with Crippen LogP contribution in [0.5, 0.6) is 5.75 Å². The van der Waals surface area contributed by atoms with Gasteiger partial charge < -0.3 is 10.1 Å². The van der Waals surface area contributed by atoms with Crippen LogP contribution in [0.15, 0.2) is 47.4 Å². The fraction of sp³-hybridized carbons (Fsp3) is 0.292. The number of carbonyl (C=O) groups is 2. The SMILES string of the molecule is COc1ccc(-c2c(C)nn3c2NC(=O)CCC3=O)cc1S(=O)(=O)N1CCc2ccccc2C1. The summed E-state index contributed by atoms with van der Waals surface area (Å²) in [5.41, 5.74) is 3.66. The molecule has 0 radical (unpaired) electrons. The van der Waals surface area contributed by atoms with Gasteiger partial charge in [0, 0.05) is 31.5 Å². The van der Waals surface area contributed by atoms with Crippen molar-refractivity contribution >= 4 is 27.7 Å². The predicted molar refractivity (Wildman–Crippen MR) is 125 cm³/mol. The number of ether oxygens (including phenoxy) is 1. The summed E-state index contributed by atoms with van der Waals surface area (Å²) in [7, 11) is -2.47. The first-order valence-electron chi connectivity index (χ1n) is 11.0. The van der Waals surface area contributed by atoms with E-state index in [0.717, 1.165) is 11.1 Å². The number of benzene rings is 2. The molecule has 1 aromatic heterocycles. The Labute approximate surface area is 197 Å². The number of fused-ring (bicyclic) bond motifs is 2. The van der Waals surface area contributed by atoms with Gasteiger partial charge in [-0.2, -0.15) is 14.1 Å². The summed E-state index contributed by atoms with van der Waals surface area (Å²) < 4.78 is 35.5. The fourth-order valence-corrected chi connectivity index (χ4v) is 6.14. The molecule has 1 N–H and O–H groups in total. The van der Waals surface area contributed by atoms with Gasteiger partial charge in [0.25, 0.3) is 0 Å². The van der Waals surface area contributed by atoms with Crippen molar-refractivity contribution in [3.63, 3.8) is 0 Å². The molecular weight excluding hydrogens is 456 g/mol. The zero-order chi connectivity index (χ0) is 24.0. The van der Waals surface area contributed by atoms with Gasteiger partial charge in [0.1, 0.15) is 16.5 Å². The van der Waals surface area contributed by atoms with Crippen molar-refractivity contribution in [3.8, 4) is 16.9 Å². The van der Waals surface area contributed by atoms with Crippen molar-refractivity contribution in [2.24, 2.45) is 0 Å². The zero-order valence-electron chi connectivity index (χ0n) is 18.9. The third-order valence-corrected chi connectivity index (χ3v) is 8.15. The van der Waals surface area contributed by atoms with Gasteiger partial charge >= 0.3 is 0 Å². The van der Waals surface area contributed by atoms with Crippen LogP contribution in [-0.2, 0) is 27.8 Å². The normalized spacial score (nSPS) is 16.4. The Morgan fingerprint density at radius 1 is 1.03 bits per heavy atom. The summed E-state index contributed by atoms with van der Waals surface area (Å²) in [6.07, 6.45) is 0.749. The van der Waals surface area contributed by atoms with Crippen molar-refractivity contribution in [3.05, 3.63) is 59.3 Å². The van der Waals surface area contributed by atoms with E-state index in [9.17, 15) is 18.0 Å². The molecule has 176 valence electrons. The minimum Gasteiger partial charge on any atom is -0.495 e. The number of rotatable bonds is 4. The van der Waals surface area contributed by atoms with Crippen molar-refractivity contribution in [2.75, 3.05) is 19.0 Å². The van der Waals surface area contributed by atoms with E-state index >= 15 is 0 Å². The molecule has 2 aromatic carbocycles. The van der Waals surface area contributed by atoms with Crippen molar-refractivity contribution in [2.45, 2.75) is 37.6 Å². The maximum Gasteiger partial charge on any atom is 0.249 e. The number of hydrogen-bond donors (Lipinski definition) is 1. The van der Waals surface area contributed by atoms with Gasteiger partial charge in [0.05, 0.1) is 12.8 Å². The number of aromatic nitrogens is 2. The molecule has 9 nitrogen and oxygen atoms in total. The lowest BCUT2D eigenvalue weighted by atomic mass is 10.0. The molecule has 0 unspecified atom stereocenters. The van der Waals surface area contributed by atoms with Crippen molar-refractivity contribution in [1.29, 1.82) is 0 Å². The zero-order valence-corrected chi connectivity index (χ0v) is 19.7. The molecule has 0 saturated carbocycles. The van der Waals surface area contributed by atoms with E-state index in [1.54, 1.807) is 19.1 Å². The van der Waals surface area contributed by atoms with Crippen LogP contribution in [0.3, 0.4) is 0 Å². The molecule has 2 aliphatic rings. The van der Waals surface area contributed by atoms with Gasteiger partial charge in [-0.1, -0.05) is 30.3 Å². The van der Waals surface area contributed by atoms with Crippen LogP contribution in [-0.4, -0.2) is 48.0 Å². The number of nitrogens with zero attached hydrogens (tertiary/aromatic N) is 3. The third-order valence-electron chi connectivity index (χ3n) is 6.29. The van der Waals surface area contributed by atoms with Gasteiger partial charge in [-0.25, -0.2) is 8.42 Å². The third kappa shape index (κ3) is 3.68. The Morgan fingerprint density at radius 2 is 1.79 bits per heavy atom. The summed E-state index contributed by atoms with van der Waals surface area (Å²) in [6, 6.07) is 12.6. The second kappa shape index (κ2) is 8.37. The quantitative estimate of drug-likeness (QED) is 0.615. The van der Waals surface area contributed by atoms with E-state index in [2.05, 4.69) is 10.4 Å². The Kier molecular flexibility index (Phi) is 5.49. The first-order chi connectivity index (χ1) is 16.3. The van der Waals surface area contributed by atoms with E-state index in [1.165, 1.54) is 22.2 Å². The number of aryl methyl sites for hydroxylation is 1. The highest BCUT2D eigenvalue weighted by Gasteiger charge is 2.32. The largest absolute Gasteiger partial charge is 0.495 e. The van der Waals surface area contributed by atoms with Crippen LogP contribution < -0.4 is 10.1 Å². The Hall–Kier alpha value is -3.50. The number of nitrogens with one attached hydrogen (secondary N) is 1. The number of anilines is 1. The standard InChI is InChI=1S/C24H24N4O5S/c1-15-23(24-25-21(29)9-10-22(30)28(24)26-15)17-7-8-19(33-2)20(13-17)34(31,32)27-12-11-16-5-3-4-6-18(16)14-27/h3-8,13H,9-12,14H2,1-2H3,(H,25,29). The monoisotopic (exact) mass is 480 g/mol. The highest BCUT2D eigenvalue weighted by molar-refractivity contribution is 7.89. The lowest BCUT2D eigenvalue weighted by molar-refractivity contribution is -0.116. The minimum atomic E-state index is -3.90. The molecule has 10 heteroatoms. The molecule has 5 rings (SSSR count). The lowest BCUT2D eigenvalue weighted by Gasteiger charge is -2.28. The molecule has 3 heterocycles. The van der Waals surface area contributed by atoms with Crippen LogP contribution in [0.4, 0.5) is 5.82 Å². The van der Waals surface area contributed by atoms with Crippen molar-refractivity contribution in [1.82, 2.24) is 14.1 Å². The topological polar surface area (TPSA) is 111 Å². The molecule has 0 saturated heterocycles. The molecule has 3 aromatic rings. The molecule has 0 spiro atoms. The average molecular weight is 481 g/mol. The highest BCUT2D eigenvalue weighted by atomic mass is 32.2. The number of methoxy groups -OCH3 is 1. The van der Waals surface area contributed by atoms with Crippen LogP contribution >= 0.6 is 0 Å². The summed E-state index contributed by atoms with van der Waals surface area (Å²) in [4.78, 5) is 24.7. The first kappa shape index (κ1) is 22.3. The molecule has 34 heavy (non-hydrogen) atoms. The second-order valence-corrected chi connectivity index (χ2v) is 10.3. The van der Waals surface area contributed by atoms with Crippen LogP contribution in [0.25, 0.3) is 11.1 Å². The predicted octanol–water partition coefficient (Wildman–Crippen LogP) is 2.99. The molecular formula is C24H24N4O5S. The van der Waals surface area contributed by atoms with Crippen LogP contribution in [0.2, 0.25) is 0 Å². The maximum absolute atomic E-state index is 13.7. The lowest BCUT2D eigenvalue weighted by Crippen LogP contribution is -2.36. The minimum absolute atomic E-state index is 0.0255. The van der Waals surface area contributed by atoms with Crippen molar-refractivity contribution < 1.29 is 22.7 Å². The number of hydrogen-bond acceptors (Lipinski definition) is 6. The Bertz CT molecular complexity index is 1430. The molecule has 0 fully saturated rings. The Balaban J connectivity index is 1.60. The number of sulfonamides is 1. The van der Waals surface area contributed by atoms with Gasteiger partial charge in [0.2, 0.25) is 21.8 Å². The van der Waals surface area contributed by atoms with E-state index < -0.39 is 10.0 Å². The molecule has 0 atom stereocenters. The van der Waals surface area contributed by atoms with E-state index in [4.69, 9.17) is 4.74 Å². The number of amides is 1. The van der Waals surface area contributed by atoms with Crippen LogP contribution in [0, 0.1) is 6.92 Å². The summed E-state index contributed by atoms with van der Waals surface area (Å²) in [6.45, 7) is 2.36. The second-order valence-electron chi connectivity index (χ2n) is 8.39. The van der Waals surface area contributed by atoms with Gasteiger partial charge in [-0.15, -0.1) is 0 Å². The summed E-state index contributed by atoms with van der Waals surface area (Å²) in [5.74, 6) is -0.110. The highest BCUT2D eigenvalue weighted by Crippen LogP contribution is 2.38. The fourth-order valence-electron chi connectivity index (χ4n) is 4.54. The average Bonchev–Trinajstić information content (AvgIpc) is 3.10. The summed E-state index contributed by atoms with van der Waals surface area (Å²) >= 11 is 0. The van der Waals surface area contributed by atoms with E-state index in [-0.39, 0.29) is 47.7 Å². The van der Waals surface area contributed by atoms with Gasteiger partial charge in [-0.3, -0.25) is 9.59 Å². The Morgan fingerprint density at radius 3 is 2.56 bits per heavy atom. The van der Waals surface area contributed by atoms with E-state index in [1.807, 2.05) is 24.3 Å². The molecule has 2 aliphatic heterocycles.